The lowest BCUT2D eigenvalue weighted by molar-refractivity contribution is -0.143. The van der Waals surface area contributed by atoms with Gasteiger partial charge in [-0.15, -0.1) is 0 Å². The van der Waals surface area contributed by atoms with Crippen LogP contribution in [-0.4, -0.2) is 38.7 Å². The van der Waals surface area contributed by atoms with Crippen molar-refractivity contribution in [2.75, 3.05) is 24.1 Å². The number of ether oxygens (including phenoxy) is 1. The van der Waals surface area contributed by atoms with E-state index in [-0.39, 0.29) is 22.9 Å². The standard InChI is InChI=1S/C27H24F4N6O2/c28-21-14-17(8-9-23(21)39-22-10-11-33-25(32)20(22)16-36-12-4-5-13-36)35-26(38)19-15-34-37(24(19)27(29,30)31)18-6-2-1-3-7-18/h1-3,6-11,14-15H,4-5,12-13,16H2,(H2,32,33)(H,35,38). The molecule has 1 saturated heterocycles. The Balaban J connectivity index is 1.36. The van der Waals surface area contributed by atoms with Crippen molar-refractivity contribution in [2.24, 2.45) is 0 Å². The number of carbonyl (C=O) groups excluding carboxylic acids is 1. The number of rotatable bonds is 7. The summed E-state index contributed by atoms with van der Waals surface area (Å²) in [4.78, 5) is 19.1. The number of para-hydroxylation sites is 1. The van der Waals surface area contributed by atoms with Gasteiger partial charge in [-0.2, -0.15) is 18.3 Å². The van der Waals surface area contributed by atoms with Crippen LogP contribution in [0.5, 0.6) is 11.5 Å². The van der Waals surface area contributed by atoms with Crippen LogP contribution in [0.4, 0.5) is 29.1 Å². The van der Waals surface area contributed by atoms with E-state index < -0.39 is 29.2 Å². The van der Waals surface area contributed by atoms with Crippen LogP contribution < -0.4 is 15.8 Å². The molecule has 2 aromatic carbocycles. The number of pyridine rings is 1. The van der Waals surface area contributed by atoms with E-state index in [2.05, 4.69) is 20.3 Å². The van der Waals surface area contributed by atoms with Gasteiger partial charge in [0.15, 0.2) is 17.3 Å². The Morgan fingerprint density at radius 2 is 1.79 bits per heavy atom. The molecule has 12 heteroatoms. The number of nitrogen functional groups attached to an aromatic ring is 1. The monoisotopic (exact) mass is 540 g/mol. The number of nitrogens with zero attached hydrogens (tertiary/aromatic N) is 4. The third-order valence-electron chi connectivity index (χ3n) is 6.32. The largest absolute Gasteiger partial charge is 0.454 e. The number of alkyl halides is 3. The quantitative estimate of drug-likeness (QED) is 0.294. The van der Waals surface area contributed by atoms with Crippen molar-refractivity contribution in [2.45, 2.75) is 25.6 Å². The second-order valence-electron chi connectivity index (χ2n) is 9.01. The molecule has 0 aliphatic carbocycles. The van der Waals surface area contributed by atoms with Crippen molar-refractivity contribution in [1.82, 2.24) is 19.7 Å². The molecule has 3 heterocycles. The number of anilines is 2. The van der Waals surface area contributed by atoms with Gasteiger partial charge in [-0.3, -0.25) is 9.69 Å². The number of amides is 1. The Labute approximate surface area is 221 Å². The molecule has 0 atom stereocenters. The smallest absolute Gasteiger partial charge is 0.434 e. The van der Waals surface area contributed by atoms with E-state index in [1.54, 1.807) is 24.3 Å². The van der Waals surface area contributed by atoms with Gasteiger partial charge in [0.1, 0.15) is 11.6 Å². The molecule has 5 rings (SSSR count). The third kappa shape index (κ3) is 5.70. The average Bonchev–Trinajstić information content (AvgIpc) is 3.58. The zero-order valence-electron chi connectivity index (χ0n) is 20.6. The van der Waals surface area contributed by atoms with Gasteiger partial charge < -0.3 is 15.8 Å². The number of nitrogens with two attached hydrogens (primary N) is 1. The fourth-order valence-corrected chi connectivity index (χ4v) is 4.44. The number of benzene rings is 2. The predicted molar refractivity (Wildman–Crippen MR) is 136 cm³/mol. The number of hydrogen-bond acceptors (Lipinski definition) is 6. The Kier molecular flexibility index (Phi) is 7.20. The maximum Gasteiger partial charge on any atom is 0.434 e. The predicted octanol–water partition coefficient (Wildman–Crippen LogP) is 5.65. The summed E-state index contributed by atoms with van der Waals surface area (Å²) in [6, 6.07) is 12.8. The SMILES string of the molecule is Nc1nccc(Oc2ccc(NC(=O)c3cnn(-c4ccccc4)c3C(F)(F)F)cc2F)c1CN1CCCC1. The van der Waals surface area contributed by atoms with Crippen molar-refractivity contribution in [3.8, 4) is 17.2 Å². The average molecular weight is 541 g/mol. The molecule has 0 saturated carbocycles. The summed E-state index contributed by atoms with van der Waals surface area (Å²) in [7, 11) is 0. The Hall–Kier alpha value is -4.45. The molecular formula is C27H24F4N6O2. The first-order valence-electron chi connectivity index (χ1n) is 12.2. The molecule has 1 aliphatic rings. The summed E-state index contributed by atoms with van der Waals surface area (Å²) in [5.41, 5.74) is 4.82. The molecular weight excluding hydrogens is 516 g/mol. The summed E-state index contributed by atoms with van der Waals surface area (Å²) in [6.45, 7) is 2.33. The molecule has 1 aliphatic heterocycles. The number of halogens is 4. The maximum absolute atomic E-state index is 15.0. The van der Waals surface area contributed by atoms with Gasteiger partial charge in [0.25, 0.3) is 5.91 Å². The molecule has 1 fully saturated rings. The minimum absolute atomic E-state index is 0.0584. The summed E-state index contributed by atoms with van der Waals surface area (Å²) in [6.07, 6.45) is -0.431. The Morgan fingerprint density at radius 1 is 1.05 bits per heavy atom. The molecule has 4 aromatic rings. The molecule has 1 amide bonds. The van der Waals surface area contributed by atoms with E-state index >= 15 is 0 Å². The van der Waals surface area contributed by atoms with E-state index in [0.717, 1.165) is 38.2 Å². The van der Waals surface area contributed by atoms with E-state index in [4.69, 9.17) is 10.5 Å². The van der Waals surface area contributed by atoms with Gasteiger partial charge >= 0.3 is 6.18 Å². The lowest BCUT2D eigenvalue weighted by Crippen LogP contribution is -2.20. The second kappa shape index (κ2) is 10.7. The fraction of sp³-hybridized carbons (Fsp3) is 0.222. The fourth-order valence-electron chi connectivity index (χ4n) is 4.44. The van der Waals surface area contributed by atoms with Crippen molar-refractivity contribution in [1.29, 1.82) is 0 Å². The summed E-state index contributed by atoms with van der Waals surface area (Å²) >= 11 is 0. The Bertz CT molecular complexity index is 1480. The first-order valence-corrected chi connectivity index (χ1v) is 12.2. The summed E-state index contributed by atoms with van der Waals surface area (Å²) in [5.74, 6) is -1.44. The highest BCUT2D eigenvalue weighted by atomic mass is 19.4. The van der Waals surface area contributed by atoms with Crippen molar-refractivity contribution in [3.63, 3.8) is 0 Å². The van der Waals surface area contributed by atoms with Gasteiger partial charge in [-0.05, 0) is 56.3 Å². The first-order chi connectivity index (χ1) is 18.7. The second-order valence-corrected chi connectivity index (χ2v) is 9.01. The number of likely N-dealkylation sites (tertiary alicyclic amines) is 1. The lowest BCUT2D eigenvalue weighted by Gasteiger charge is -2.19. The van der Waals surface area contributed by atoms with Crippen LogP contribution in [0.25, 0.3) is 5.69 Å². The lowest BCUT2D eigenvalue weighted by atomic mass is 10.2. The summed E-state index contributed by atoms with van der Waals surface area (Å²) < 4.78 is 63.1. The van der Waals surface area contributed by atoms with Gasteiger partial charge in [0.05, 0.1) is 23.0 Å². The number of aromatic nitrogens is 3. The van der Waals surface area contributed by atoms with Crippen LogP contribution in [0.3, 0.4) is 0 Å². The van der Waals surface area contributed by atoms with Gasteiger partial charge in [0, 0.05) is 24.5 Å². The van der Waals surface area contributed by atoms with E-state index in [0.29, 0.717) is 22.5 Å². The van der Waals surface area contributed by atoms with Crippen LogP contribution in [0, 0.1) is 5.82 Å². The highest BCUT2D eigenvalue weighted by molar-refractivity contribution is 6.05. The zero-order valence-corrected chi connectivity index (χ0v) is 20.6. The normalized spacial score (nSPS) is 13.9. The summed E-state index contributed by atoms with van der Waals surface area (Å²) in [5, 5.41) is 6.08. The number of nitrogens with one attached hydrogen (secondary N) is 1. The van der Waals surface area contributed by atoms with E-state index in [1.165, 1.54) is 30.5 Å². The molecule has 8 nitrogen and oxygen atoms in total. The third-order valence-corrected chi connectivity index (χ3v) is 6.32. The highest BCUT2D eigenvalue weighted by Gasteiger charge is 2.40. The topological polar surface area (TPSA) is 98.3 Å². The van der Waals surface area contributed by atoms with Crippen LogP contribution in [-0.2, 0) is 12.7 Å². The molecule has 0 unspecified atom stereocenters. The maximum atomic E-state index is 15.0. The van der Waals surface area contributed by atoms with Crippen molar-refractivity contribution in [3.05, 3.63) is 89.6 Å². The van der Waals surface area contributed by atoms with Crippen LogP contribution >= 0.6 is 0 Å². The highest BCUT2D eigenvalue weighted by Crippen LogP contribution is 2.35. The molecule has 2 aromatic heterocycles. The van der Waals surface area contributed by atoms with Crippen LogP contribution in [0.15, 0.2) is 67.0 Å². The molecule has 202 valence electrons. The van der Waals surface area contributed by atoms with Gasteiger partial charge in [0.2, 0.25) is 0 Å². The van der Waals surface area contributed by atoms with E-state index in [1.807, 2.05) is 0 Å². The molecule has 0 spiro atoms. The number of carbonyl (C=O) groups is 1. The molecule has 0 bridgehead atoms. The zero-order chi connectivity index (χ0) is 27.6. The minimum atomic E-state index is -4.87. The van der Waals surface area contributed by atoms with Crippen molar-refractivity contribution < 1.29 is 27.1 Å². The van der Waals surface area contributed by atoms with Gasteiger partial charge in [-0.1, -0.05) is 18.2 Å². The molecule has 39 heavy (non-hydrogen) atoms. The van der Waals surface area contributed by atoms with Crippen LogP contribution in [0.2, 0.25) is 0 Å². The minimum Gasteiger partial charge on any atom is -0.454 e. The molecule has 0 radical (unpaired) electrons. The van der Waals surface area contributed by atoms with Crippen molar-refractivity contribution >= 4 is 17.4 Å². The number of hydrogen-bond donors (Lipinski definition) is 2. The van der Waals surface area contributed by atoms with Gasteiger partial charge in [-0.25, -0.2) is 14.1 Å². The van der Waals surface area contributed by atoms with E-state index in [9.17, 15) is 22.4 Å². The Morgan fingerprint density at radius 3 is 2.49 bits per heavy atom. The van der Waals surface area contributed by atoms with Crippen LogP contribution in [0.1, 0.15) is 34.5 Å². The first kappa shape index (κ1) is 26.2. The molecule has 3 N–H and O–H groups in total.